The standard InChI is InChI=1S/C18H23N5OS.ClH/c1-5-23-14(9-10-19-23)17(24)22(12-11-21(3)4)18-20-16-13(2)7-6-8-15(16)25-18;/h6-10H,5,11-12H2,1-4H3;1H. The summed E-state index contributed by atoms with van der Waals surface area (Å²) in [4.78, 5) is 21.8. The van der Waals surface area contributed by atoms with Gasteiger partial charge in [-0.25, -0.2) is 4.98 Å². The molecular weight excluding hydrogens is 370 g/mol. The monoisotopic (exact) mass is 393 g/mol. The van der Waals surface area contributed by atoms with Crippen LogP contribution < -0.4 is 4.90 Å². The zero-order valence-electron chi connectivity index (χ0n) is 15.5. The third kappa shape index (κ3) is 4.06. The molecule has 0 unspecified atom stereocenters. The van der Waals surface area contributed by atoms with Gasteiger partial charge in [0.2, 0.25) is 0 Å². The van der Waals surface area contributed by atoms with E-state index in [4.69, 9.17) is 4.98 Å². The van der Waals surface area contributed by atoms with Crippen molar-refractivity contribution in [1.29, 1.82) is 0 Å². The van der Waals surface area contributed by atoms with Gasteiger partial charge in [-0.15, -0.1) is 12.4 Å². The van der Waals surface area contributed by atoms with Crippen molar-refractivity contribution < 1.29 is 4.79 Å². The van der Waals surface area contributed by atoms with E-state index in [-0.39, 0.29) is 18.3 Å². The van der Waals surface area contributed by atoms with Crippen molar-refractivity contribution in [3.05, 3.63) is 41.7 Å². The zero-order valence-corrected chi connectivity index (χ0v) is 17.1. The SMILES string of the molecule is CCn1nccc1C(=O)N(CCN(C)C)c1nc2c(C)cccc2s1.Cl. The van der Waals surface area contributed by atoms with Gasteiger partial charge in [0.25, 0.3) is 5.91 Å². The average molecular weight is 394 g/mol. The van der Waals surface area contributed by atoms with Gasteiger partial charge in [-0.1, -0.05) is 23.5 Å². The molecule has 0 N–H and O–H groups in total. The number of hydrogen-bond acceptors (Lipinski definition) is 5. The van der Waals surface area contributed by atoms with Crippen LogP contribution in [-0.4, -0.2) is 52.8 Å². The molecule has 0 aliphatic carbocycles. The lowest BCUT2D eigenvalue weighted by molar-refractivity contribution is 0.0975. The Morgan fingerprint density at radius 1 is 1.23 bits per heavy atom. The highest BCUT2D eigenvalue weighted by Gasteiger charge is 2.24. The van der Waals surface area contributed by atoms with Crippen LogP contribution >= 0.6 is 23.7 Å². The molecule has 26 heavy (non-hydrogen) atoms. The highest BCUT2D eigenvalue weighted by molar-refractivity contribution is 7.22. The molecule has 0 saturated carbocycles. The third-order valence-corrected chi connectivity index (χ3v) is 5.14. The van der Waals surface area contributed by atoms with Crippen molar-refractivity contribution in [1.82, 2.24) is 19.7 Å². The van der Waals surface area contributed by atoms with Crippen molar-refractivity contribution in [2.75, 3.05) is 32.1 Å². The Hall–Kier alpha value is -1.96. The van der Waals surface area contributed by atoms with E-state index in [2.05, 4.69) is 10.00 Å². The first-order chi connectivity index (χ1) is 12.0. The van der Waals surface area contributed by atoms with Crippen molar-refractivity contribution in [2.24, 2.45) is 0 Å². The molecule has 1 aromatic carbocycles. The molecule has 1 amide bonds. The lowest BCUT2D eigenvalue weighted by Gasteiger charge is -2.22. The van der Waals surface area contributed by atoms with E-state index in [0.29, 0.717) is 18.8 Å². The zero-order chi connectivity index (χ0) is 18.0. The number of anilines is 1. The largest absolute Gasteiger partial charge is 0.308 e. The normalized spacial score (nSPS) is 11.0. The number of fused-ring (bicyclic) bond motifs is 1. The second-order valence-electron chi connectivity index (χ2n) is 6.21. The average Bonchev–Trinajstić information content (AvgIpc) is 3.21. The second kappa shape index (κ2) is 8.62. The Kier molecular flexibility index (Phi) is 6.75. The Balaban J connectivity index is 0.00000243. The lowest BCUT2D eigenvalue weighted by atomic mass is 10.2. The molecule has 2 aromatic heterocycles. The highest BCUT2D eigenvalue weighted by atomic mass is 35.5. The molecule has 3 aromatic rings. The molecule has 0 bridgehead atoms. The van der Waals surface area contributed by atoms with Crippen LogP contribution in [0.3, 0.4) is 0 Å². The topological polar surface area (TPSA) is 54.3 Å². The van der Waals surface area contributed by atoms with Crippen molar-refractivity contribution in [3.63, 3.8) is 0 Å². The fourth-order valence-corrected chi connectivity index (χ4v) is 3.75. The van der Waals surface area contributed by atoms with Gasteiger partial charge in [-0.2, -0.15) is 5.10 Å². The quantitative estimate of drug-likeness (QED) is 0.643. The van der Waals surface area contributed by atoms with Gasteiger partial charge in [0.1, 0.15) is 5.69 Å². The smallest absolute Gasteiger partial charge is 0.278 e. The van der Waals surface area contributed by atoms with E-state index in [0.717, 1.165) is 27.5 Å². The minimum atomic E-state index is -0.0575. The number of halogens is 1. The summed E-state index contributed by atoms with van der Waals surface area (Å²) in [5, 5.41) is 4.96. The summed E-state index contributed by atoms with van der Waals surface area (Å²) in [6, 6.07) is 7.89. The van der Waals surface area contributed by atoms with Gasteiger partial charge in [-0.3, -0.25) is 14.4 Å². The number of thiazole rings is 1. The Labute approximate surface area is 163 Å². The van der Waals surface area contributed by atoms with Crippen LogP contribution in [0.1, 0.15) is 23.0 Å². The number of carbonyl (C=O) groups excluding carboxylic acids is 1. The third-order valence-electron chi connectivity index (χ3n) is 4.09. The second-order valence-corrected chi connectivity index (χ2v) is 7.22. The highest BCUT2D eigenvalue weighted by Crippen LogP contribution is 2.31. The van der Waals surface area contributed by atoms with Crippen molar-refractivity contribution in [2.45, 2.75) is 20.4 Å². The van der Waals surface area contributed by atoms with Gasteiger partial charge in [-0.05, 0) is 45.6 Å². The molecule has 0 radical (unpaired) electrons. The van der Waals surface area contributed by atoms with Crippen LogP contribution in [0.2, 0.25) is 0 Å². The molecule has 0 spiro atoms. The summed E-state index contributed by atoms with van der Waals surface area (Å²) in [7, 11) is 4.00. The molecule has 2 heterocycles. The van der Waals surface area contributed by atoms with E-state index in [9.17, 15) is 4.79 Å². The first kappa shape index (κ1) is 20.4. The van der Waals surface area contributed by atoms with E-state index < -0.39 is 0 Å². The number of likely N-dealkylation sites (N-methyl/N-ethyl adjacent to an activating group) is 1. The van der Waals surface area contributed by atoms with E-state index in [1.807, 2.05) is 46.1 Å². The molecular formula is C18H24ClN5OS. The van der Waals surface area contributed by atoms with E-state index >= 15 is 0 Å². The Morgan fingerprint density at radius 2 is 2.00 bits per heavy atom. The van der Waals surface area contributed by atoms with Gasteiger partial charge in [0.15, 0.2) is 5.13 Å². The Morgan fingerprint density at radius 3 is 2.65 bits per heavy atom. The maximum Gasteiger partial charge on any atom is 0.278 e. The summed E-state index contributed by atoms with van der Waals surface area (Å²) in [6.45, 7) is 6.04. The maximum atomic E-state index is 13.2. The molecule has 0 fully saturated rings. The lowest BCUT2D eigenvalue weighted by Crippen LogP contribution is -2.37. The van der Waals surface area contributed by atoms with Crippen LogP contribution in [0.25, 0.3) is 10.2 Å². The minimum Gasteiger partial charge on any atom is -0.308 e. The van der Waals surface area contributed by atoms with Crippen LogP contribution in [-0.2, 0) is 6.54 Å². The predicted molar refractivity (Wildman–Crippen MR) is 110 cm³/mol. The Bertz CT molecular complexity index is 889. The number of nitrogens with zero attached hydrogens (tertiary/aromatic N) is 5. The summed E-state index contributed by atoms with van der Waals surface area (Å²) < 4.78 is 2.82. The predicted octanol–water partition coefficient (Wildman–Crippen LogP) is 3.45. The maximum absolute atomic E-state index is 13.2. The van der Waals surface area contributed by atoms with Gasteiger partial charge in [0.05, 0.1) is 10.2 Å². The summed E-state index contributed by atoms with van der Waals surface area (Å²) in [6.07, 6.45) is 1.67. The number of rotatable bonds is 6. The number of para-hydroxylation sites is 1. The summed E-state index contributed by atoms with van der Waals surface area (Å²) in [5.74, 6) is -0.0575. The molecule has 140 valence electrons. The summed E-state index contributed by atoms with van der Waals surface area (Å²) >= 11 is 1.56. The first-order valence-corrected chi connectivity index (χ1v) is 9.17. The summed E-state index contributed by atoms with van der Waals surface area (Å²) in [5.41, 5.74) is 2.69. The number of aromatic nitrogens is 3. The first-order valence-electron chi connectivity index (χ1n) is 8.35. The van der Waals surface area contributed by atoms with Crippen LogP contribution in [0.4, 0.5) is 5.13 Å². The number of aryl methyl sites for hydroxylation is 2. The van der Waals surface area contributed by atoms with E-state index in [1.165, 1.54) is 0 Å². The number of amides is 1. The number of benzene rings is 1. The number of carbonyl (C=O) groups is 1. The molecule has 0 aliphatic heterocycles. The van der Waals surface area contributed by atoms with Crippen molar-refractivity contribution >= 4 is 45.0 Å². The van der Waals surface area contributed by atoms with Crippen LogP contribution in [0.5, 0.6) is 0 Å². The molecule has 3 rings (SSSR count). The fourth-order valence-electron chi connectivity index (χ4n) is 2.68. The molecule has 0 atom stereocenters. The van der Waals surface area contributed by atoms with Gasteiger partial charge >= 0.3 is 0 Å². The van der Waals surface area contributed by atoms with E-state index in [1.54, 1.807) is 33.2 Å². The van der Waals surface area contributed by atoms with Crippen LogP contribution in [0.15, 0.2) is 30.5 Å². The molecule has 0 saturated heterocycles. The molecule has 8 heteroatoms. The van der Waals surface area contributed by atoms with Gasteiger partial charge < -0.3 is 4.90 Å². The molecule has 0 aliphatic rings. The fraction of sp³-hybridized carbons (Fsp3) is 0.389. The minimum absolute atomic E-state index is 0. The van der Waals surface area contributed by atoms with Gasteiger partial charge in [0, 0.05) is 25.8 Å². The van der Waals surface area contributed by atoms with Crippen molar-refractivity contribution in [3.8, 4) is 0 Å². The number of hydrogen-bond donors (Lipinski definition) is 0. The molecule has 6 nitrogen and oxygen atoms in total. The van der Waals surface area contributed by atoms with Crippen LogP contribution in [0, 0.1) is 6.92 Å².